The Labute approximate surface area is 189 Å². The van der Waals surface area contributed by atoms with E-state index in [0.29, 0.717) is 43.4 Å². The number of rotatable bonds is 3. The van der Waals surface area contributed by atoms with Gasteiger partial charge in [0.25, 0.3) is 0 Å². The van der Waals surface area contributed by atoms with E-state index in [1.807, 2.05) is 59.1 Å². The standard InChI is InChI=1S/C25H30N4O3/c1-28-21(14-16-27-28)12-13-24(30)29-17-6-2-3-7-18-31-22-10-4-5-11-23(22)32-25-20(19-29)9-8-15-26-25/h4-5,8-11,14-16H,2-3,6-7,12-13,17-19H2,1H3. The molecule has 4 rings (SSSR count). The van der Waals surface area contributed by atoms with Crippen LogP contribution in [0.4, 0.5) is 0 Å². The van der Waals surface area contributed by atoms with E-state index < -0.39 is 0 Å². The van der Waals surface area contributed by atoms with Crippen LogP contribution in [-0.2, 0) is 24.8 Å². The first-order chi connectivity index (χ1) is 15.7. The van der Waals surface area contributed by atoms with Gasteiger partial charge in [0.05, 0.1) is 13.2 Å². The average Bonchev–Trinajstić information content (AvgIpc) is 3.22. The summed E-state index contributed by atoms with van der Waals surface area (Å²) in [7, 11) is 1.91. The Bertz CT molecular complexity index is 1030. The molecule has 0 unspecified atom stereocenters. The van der Waals surface area contributed by atoms with Crippen LogP contribution in [0, 0.1) is 0 Å². The lowest BCUT2D eigenvalue weighted by atomic mass is 10.1. The molecular weight excluding hydrogens is 404 g/mol. The van der Waals surface area contributed by atoms with Gasteiger partial charge in [-0.05, 0) is 43.5 Å². The molecule has 0 fully saturated rings. The van der Waals surface area contributed by atoms with Crippen molar-refractivity contribution in [2.45, 2.75) is 45.1 Å². The van der Waals surface area contributed by atoms with Crippen molar-refractivity contribution < 1.29 is 14.3 Å². The number of para-hydroxylation sites is 2. The second-order valence-corrected chi connectivity index (χ2v) is 8.04. The van der Waals surface area contributed by atoms with Crippen LogP contribution in [0.3, 0.4) is 0 Å². The number of amides is 1. The highest BCUT2D eigenvalue weighted by Crippen LogP contribution is 2.32. The van der Waals surface area contributed by atoms with Gasteiger partial charge in [-0.15, -0.1) is 0 Å². The van der Waals surface area contributed by atoms with Crippen LogP contribution in [-0.4, -0.2) is 38.7 Å². The number of ether oxygens (including phenoxy) is 2. The summed E-state index contributed by atoms with van der Waals surface area (Å²) in [6, 6.07) is 13.5. The SMILES string of the molecule is Cn1nccc1CCC(=O)N1CCCCCCOc2ccccc2Oc2ncccc2C1. The maximum atomic E-state index is 13.2. The van der Waals surface area contributed by atoms with E-state index in [-0.39, 0.29) is 5.91 Å². The fraction of sp³-hybridized carbons (Fsp3) is 0.400. The fourth-order valence-electron chi connectivity index (χ4n) is 3.87. The van der Waals surface area contributed by atoms with Crippen molar-refractivity contribution in [2.75, 3.05) is 13.2 Å². The molecule has 7 nitrogen and oxygen atoms in total. The van der Waals surface area contributed by atoms with Gasteiger partial charge in [0, 0.05) is 43.7 Å². The molecule has 0 radical (unpaired) electrons. The Kier molecular flexibility index (Phi) is 7.38. The number of nitrogens with zero attached hydrogens (tertiary/aromatic N) is 4. The molecule has 0 bridgehead atoms. The summed E-state index contributed by atoms with van der Waals surface area (Å²) in [5, 5.41) is 4.20. The van der Waals surface area contributed by atoms with Gasteiger partial charge in [-0.25, -0.2) is 4.98 Å². The monoisotopic (exact) mass is 434 g/mol. The smallest absolute Gasteiger partial charge is 0.224 e. The molecule has 1 amide bonds. The third-order valence-corrected chi connectivity index (χ3v) is 5.72. The minimum absolute atomic E-state index is 0.136. The Morgan fingerprint density at radius 2 is 1.84 bits per heavy atom. The highest BCUT2D eigenvalue weighted by Gasteiger charge is 2.18. The van der Waals surface area contributed by atoms with E-state index in [1.165, 1.54) is 0 Å². The van der Waals surface area contributed by atoms with Crippen molar-refractivity contribution in [2.24, 2.45) is 7.05 Å². The zero-order chi connectivity index (χ0) is 22.2. The molecule has 3 heterocycles. The molecule has 7 heteroatoms. The van der Waals surface area contributed by atoms with E-state index in [0.717, 1.165) is 43.5 Å². The first-order valence-corrected chi connectivity index (χ1v) is 11.3. The highest BCUT2D eigenvalue weighted by atomic mass is 16.5. The summed E-state index contributed by atoms with van der Waals surface area (Å²) >= 11 is 0. The molecule has 32 heavy (non-hydrogen) atoms. The third kappa shape index (κ3) is 5.66. The van der Waals surface area contributed by atoms with Crippen molar-refractivity contribution in [3.63, 3.8) is 0 Å². The molecule has 3 aromatic rings. The van der Waals surface area contributed by atoms with Crippen LogP contribution in [0.2, 0.25) is 0 Å². The van der Waals surface area contributed by atoms with E-state index in [1.54, 1.807) is 12.4 Å². The normalized spacial score (nSPS) is 15.0. The van der Waals surface area contributed by atoms with E-state index in [9.17, 15) is 4.79 Å². The quantitative estimate of drug-likeness (QED) is 0.606. The van der Waals surface area contributed by atoms with Crippen LogP contribution < -0.4 is 9.47 Å². The molecule has 0 saturated carbocycles. The molecule has 0 saturated heterocycles. The molecule has 0 spiro atoms. The molecule has 0 atom stereocenters. The van der Waals surface area contributed by atoms with Gasteiger partial charge >= 0.3 is 0 Å². The minimum atomic E-state index is 0.136. The topological polar surface area (TPSA) is 69.5 Å². The number of pyridine rings is 1. The lowest BCUT2D eigenvalue weighted by Gasteiger charge is -2.24. The minimum Gasteiger partial charge on any atom is -0.490 e. The number of aromatic nitrogens is 3. The Morgan fingerprint density at radius 3 is 2.69 bits per heavy atom. The average molecular weight is 435 g/mol. The summed E-state index contributed by atoms with van der Waals surface area (Å²) in [5.74, 6) is 1.99. The third-order valence-electron chi connectivity index (χ3n) is 5.72. The van der Waals surface area contributed by atoms with Gasteiger partial charge in [0.2, 0.25) is 11.8 Å². The molecule has 0 N–H and O–H groups in total. The van der Waals surface area contributed by atoms with Gasteiger partial charge in [0.1, 0.15) is 0 Å². The lowest BCUT2D eigenvalue weighted by Crippen LogP contribution is -2.32. The number of carbonyl (C=O) groups is 1. The fourth-order valence-corrected chi connectivity index (χ4v) is 3.87. The summed E-state index contributed by atoms with van der Waals surface area (Å²) in [6.45, 7) is 1.83. The predicted molar refractivity (Wildman–Crippen MR) is 122 cm³/mol. The molecule has 2 aromatic heterocycles. The van der Waals surface area contributed by atoms with Crippen LogP contribution in [0.1, 0.15) is 43.4 Å². The maximum absolute atomic E-state index is 13.2. The molecule has 168 valence electrons. The Balaban J connectivity index is 1.55. The van der Waals surface area contributed by atoms with E-state index in [4.69, 9.17) is 9.47 Å². The second kappa shape index (κ2) is 10.8. The Morgan fingerprint density at radius 1 is 1.00 bits per heavy atom. The van der Waals surface area contributed by atoms with Crippen LogP contribution in [0.15, 0.2) is 54.9 Å². The van der Waals surface area contributed by atoms with Crippen LogP contribution in [0.25, 0.3) is 0 Å². The molecular formula is C25H30N4O3. The van der Waals surface area contributed by atoms with Gasteiger partial charge in [-0.3, -0.25) is 9.48 Å². The van der Waals surface area contributed by atoms with Crippen molar-refractivity contribution in [1.29, 1.82) is 0 Å². The number of hydrogen-bond acceptors (Lipinski definition) is 5. The second-order valence-electron chi connectivity index (χ2n) is 8.04. The number of benzene rings is 1. The number of fused-ring (bicyclic) bond motifs is 2. The summed E-state index contributed by atoms with van der Waals surface area (Å²) in [4.78, 5) is 19.6. The number of hydrogen-bond donors (Lipinski definition) is 0. The van der Waals surface area contributed by atoms with Gasteiger partial charge in [-0.2, -0.15) is 5.10 Å². The van der Waals surface area contributed by atoms with E-state index >= 15 is 0 Å². The lowest BCUT2D eigenvalue weighted by molar-refractivity contribution is -0.131. The zero-order valence-electron chi connectivity index (χ0n) is 18.6. The maximum Gasteiger partial charge on any atom is 0.224 e. The highest BCUT2D eigenvalue weighted by molar-refractivity contribution is 5.76. The van der Waals surface area contributed by atoms with E-state index in [2.05, 4.69) is 10.1 Å². The van der Waals surface area contributed by atoms with Crippen molar-refractivity contribution in [1.82, 2.24) is 19.7 Å². The van der Waals surface area contributed by atoms with Crippen molar-refractivity contribution in [3.8, 4) is 17.4 Å². The van der Waals surface area contributed by atoms with Crippen LogP contribution >= 0.6 is 0 Å². The van der Waals surface area contributed by atoms with Crippen molar-refractivity contribution >= 4 is 5.91 Å². The molecule has 1 aliphatic heterocycles. The summed E-state index contributed by atoms with van der Waals surface area (Å²) in [5.41, 5.74) is 1.94. The predicted octanol–water partition coefficient (Wildman–Crippen LogP) is 4.52. The first-order valence-electron chi connectivity index (χ1n) is 11.3. The van der Waals surface area contributed by atoms with Gasteiger partial charge < -0.3 is 14.4 Å². The number of aryl methyl sites for hydroxylation is 2. The summed E-state index contributed by atoms with van der Waals surface area (Å²) in [6.07, 6.45) is 8.66. The molecule has 1 aromatic carbocycles. The van der Waals surface area contributed by atoms with Gasteiger partial charge in [-0.1, -0.05) is 31.0 Å². The molecule has 0 aliphatic carbocycles. The van der Waals surface area contributed by atoms with Crippen LogP contribution in [0.5, 0.6) is 17.4 Å². The Hall–Kier alpha value is -3.35. The summed E-state index contributed by atoms with van der Waals surface area (Å²) < 4.78 is 13.9. The van der Waals surface area contributed by atoms with Crippen molar-refractivity contribution in [3.05, 3.63) is 66.1 Å². The number of carbonyl (C=O) groups excluding carboxylic acids is 1. The first kappa shape index (κ1) is 21.9. The zero-order valence-corrected chi connectivity index (χ0v) is 18.6. The molecule has 1 aliphatic rings. The largest absolute Gasteiger partial charge is 0.490 e. The van der Waals surface area contributed by atoms with Gasteiger partial charge in [0.15, 0.2) is 11.5 Å².